The molecule has 230 valence electrons. The number of hydrogen-bond acceptors (Lipinski definition) is 4. The van der Waals surface area contributed by atoms with Crippen LogP contribution < -0.4 is 9.62 Å². The Kier molecular flexibility index (Phi) is 11.3. The average Bonchev–Trinajstić information content (AvgIpc) is 2.96. The molecule has 4 rings (SSSR count). The van der Waals surface area contributed by atoms with Crippen molar-refractivity contribution in [3.05, 3.63) is 91.9 Å². The molecule has 1 saturated carbocycles. The lowest BCUT2D eigenvalue weighted by atomic mass is 9.95. The Morgan fingerprint density at radius 2 is 1.51 bits per heavy atom. The molecule has 0 heterocycles. The second-order valence-corrected chi connectivity index (χ2v) is 14.3. The normalized spacial score (nSPS) is 14.7. The number of sulfonamides is 1. The minimum Gasteiger partial charge on any atom is -0.352 e. The second-order valence-electron chi connectivity index (χ2n) is 10.7. The highest BCUT2D eigenvalue weighted by Gasteiger charge is 2.33. The largest absolute Gasteiger partial charge is 0.352 e. The number of carbonyl (C=O) groups excluding carboxylic acids is 2. The van der Waals surface area contributed by atoms with Crippen LogP contribution in [0.15, 0.2) is 65.6 Å². The minimum atomic E-state index is -4.26. The third-order valence-electron chi connectivity index (χ3n) is 7.48. The molecule has 0 radical (unpaired) electrons. The monoisotopic (exact) mass is 683 g/mol. The summed E-state index contributed by atoms with van der Waals surface area (Å²) in [6, 6.07) is 14.7. The van der Waals surface area contributed by atoms with Crippen molar-refractivity contribution in [3.8, 4) is 0 Å². The number of rotatable bonds is 10. The van der Waals surface area contributed by atoms with Gasteiger partial charge < -0.3 is 10.2 Å². The van der Waals surface area contributed by atoms with Crippen LogP contribution in [0.25, 0.3) is 0 Å². The fourth-order valence-electron chi connectivity index (χ4n) is 5.04. The maximum Gasteiger partial charge on any atom is 0.264 e. The van der Waals surface area contributed by atoms with Crippen molar-refractivity contribution in [1.82, 2.24) is 10.2 Å². The number of amides is 2. The molecule has 0 spiro atoms. The third-order valence-corrected chi connectivity index (χ3v) is 10.4. The summed E-state index contributed by atoms with van der Waals surface area (Å²) in [5.74, 6) is -0.928. The Hall–Kier alpha value is -2.49. The van der Waals surface area contributed by atoms with Crippen LogP contribution in [0.1, 0.15) is 50.2 Å². The number of carbonyl (C=O) groups is 2. The van der Waals surface area contributed by atoms with E-state index in [1.165, 1.54) is 35.2 Å². The topological polar surface area (TPSA) is 86.8 Å². The molecular weight excluding hydrogens is 652 g/mol. The first kappa shape index (κ1) is 33.4. The van der Waals surface area contributed by atoms with Crippen LogP contribution in [0.5, 0.6) is 0 Å². The molecule has 1 aliphatic rings. The Bertz CT molecular complexity index is 1560. The predicted octanol–water partition coefficient (Wildman–Crippen LogP) is 7.67. The molecule has 2 amide bonds. The van der Waals surface area contributed by atoms with E-state index in [1.54, 1.807) is 37.3 Å². The summed E-state index contributed by atoms with van der Waals surface area (Å²) in [5.41, 5.74) is 1.61. The SMILES string of the molecule is Cc1ccc(S(=O)(=O)N(CC(=O)N(Cc2ccc(Cl)c(Cl)c2)C(C)C(=O)NC2CCCCC2)c2cc(Cl)cc(Cl)c2)cc1. The maximum atomic E-state index is 14.1. The van der Waals surface area contributed by atoms with E-state index < -0.39 is 28.5 Å². The van der Waals surface area contributed by atoms with E-state index in [-0.39, 0.29) is 39.1 Å². The summed E-state index contributed by atoms with van der Waals surface area (Å²) in [6.45, 7) is 2.84. The van der Waals surface area contributed by atoms with Crippen LogP contribution in [-0.4, -0.2) is 43.8 Å². The molecule has 0 bridgehead atoms. The molecule has 1 aliphatic carbocycles. The summed E-state index contributed by atoms with van der Waals surface area (Å²) in [6.07, 6.45) is 4.93. The molecule has 3 aromatic rings. The Morgan fingerprint density at radius 1 is 0.884 bits per heavy atom. The van der Waals surface area contributed by atoms with Crippen molar-refractivity contribution in [2.24, 2.45) is 0 Å². The Balaban J connectivity index is 1.71. The second kappa shape index (κ2) is 14.5. The lowest BCUT2D eigenvalue weighted by Crippen LogP contribution is -2.53. The van der Waals surface area contributed by atoms with E-state index in [1.807, 2.05) is 6.92 Å². The highest BCUT2D eigenvalue weighted by Crippen LogP contribution is 2.31. The van der Waals surface area contributed by atoms with E-state index in [4.69, 9.17) is 46.4 Å². The quantitative estimate of drug-likeness (QED) is 0.238. The molecule has 0 aromatic heterocycles. The first-order valence-corrected chi connectivity index (χ1v) is 16.9. The van der Waals surface area contributed by atoms with Gasteiger partial charge in [-0.2, -0.15) is 0 Å². The van der Waals surface area contributed by atoms with Gasteiger partial charge in [-0.1, -0.05) is 89.4 Å². The van der Waals surface area contributed by atoms with Crippen LogP contribution in [0.4, 0.5) is 5.69 Å². The van der Waals surface area contributed by atoms with E-state index in [9.17, 15) is 18.0 Å². The van der Waals surface area contributed by atoms with Crippen LogP contribution in [0.2, 0.25) is 20.1 Å². The molecule has 12 heteroatoms. The van der Waals surface area contributed by atoms with Gasteiger partial charge >= 0.3 is 0 Å². The third kappa shape index (κ3) is 8.58. The van der Waals surface area contributed by atoms with Gasteiger partial charge in [0.2, 0.25) is 11.8 Å². The Labute approximate surface area is 273 Å². The summed E-state index contributed by atoms with van der Waals surface area (Å²) >= 11 is 24.9. The van der Waals surface area contributed by atoms with Crippen molar-refractivity contribution in [2.45, 2.75) is 69.5 Å². The number of nitrogens with zero attached hydrogens (tertiary/aromatic N) is 2. The lowest BCUT2D eigenvalue weighted by Gasteiger charge is -2.33. The molecule has 0 aliphatic heterocycles. The molecule has 0 saturated heterocycles. The fraction of sp³-hybridized carbons (Fsp3) is 0.355. The number of aryl methyl sites for hydroxylation is 1. The van der Waals surface area contributed by atoms with Crippen LogP contribution in [0, 0.1) is 6.92 Å². The van der Waals surface area contributed by atoms with Crippen molar-refractivity contribution in [1.29, 1.82) is 0 Å². The predicted molar refractivity (Wildman–Crippen MR) is 174 cm³/mol. The van der Waals surface area contributed by atoms with Crippen molar-refractivity contribution < 1.29 is 18.0 Å². The number of anilines is 1. The number of nitrogens with one attached hydrogen (secondary N) is 1. The summed E-state index contributed by atoms with van der Waals surface area (Å²) in [7, 11) is -4.26. The summed E-state index contributed by atoms with van der Waals surface area (Å²) in [5, 5.41) is 4.12. The van der Waals surface area contributed by atoms with Gasteiger partial charge in [0.05, 0.1) is 20.6 Å². The van der Waals surface area contributed by atoms with Crippen molar-refractivity contribution in [2.75, 3.05) is 10.8 Å². The van der Waals surface area contributed by atoms with E-state index in [0.29, 0.717) is 15.6 Å². The van der Waals surface area contributed by atoms with Gasteiger partial charge in [0, 0.05) is 22.6 Å². The first-order chi connectivity index (χ1) is 20.3. The highest BCUT2D eigenvalue weighted by molar-refractivity contribution is 7.92. The van der Waals surface area contributed by atoms with Gasteiger partial charge in [0.25, 0.3) is 10.0 Å². The molecular formula is C31H33Cl4N3O4S. The van der Waals surface area contributed by atoms with Gasteiger partial charge in [0.1, 0.15) is 12.6 Å². The fourth-order valence-corrected chi connectivity index (χ4v) is 7.27. The van der Waals surface area contributed by atoms with Crippen LogP contribution >= 0.6 is 46.4 Å². The summed E-state index contributed by atoms with van der Waals surface area (Å²) < 4.78 is 28.9. The van der Waals surface area contributed by atoms with Gasteiger partial charge in [-0.25, -0.2) is 8.42 Å². The molecule has 1 fully saturated rings. The number of benzene rings is 3. The number of hydrogen-bond donors (Lipinski definition) is 1. The minimum absolute atomic E-state index is 0.0102. The maximum absolute atomic E-state index is 14.1. The molecule has 1 N–H and O–H groups in total. The molecule has 3 aromatic carbocycles. The zero-order valence-electron chi connectivity index (χ0n) is 23.8. The average molecular weight is 686 g/mol. The zero-order chi connectivity index (χ0) is 31.3. The van der Waals surface area contributed by atoms with Crippen molar-refractivity contribution in [3.63, 3.8) is 0 Å². The van der Waals surface area contributed by atoms with Crippen LogP contribution in [0.3, 0.4) is 0 Å². The smallest absolute Gasteiger partial charge is 0.264 e. The molecule has 1 atom stereocenters. The number of halogens is 4. The van der Waals surface area contributed by atoms with Gasteiger partial charge in [-0.05, 0) is 74.7 Å². The lowest BCUT2D eigenvalue weighted by molar-refractivity contribution is -0.139. The standard InChI is InChI=1S/C31H33Cl4N3O4S/c1-20-8-11-27(12-9-20)43(41,42)38(26-16-23(32)15-24(33)17-26)19-30(39)37(18-22-10-13-28(34)29(35)14-22)21(2)31(40)36-25-6-4-3-5-7-25/h8-17,21,25H,3-7,18-19H2,1-2H3,(H,36,40). The van der Waals surface area contributed by atoms with E-state index in [0.717, 1.165) is 42.0 Å². The van der Waals surface area contributed by atoms with Gasteiger partial charge in [-0.3, -0.25) is 13.9 Å². The highest BCUT2D eigenvalue weighted by atomic mass is 35.5. The van der Waals surface area contributed by atoms with Gasteiger partial charge in [0.15, 0.2) is 0 Å². The van der Waals surface area contributed by atoms with Crippen molar-refractivity contribution >= 4 is 73.9 Å². The Morgan fingerprint density at radius 3 is 2.12 bits per heavy atom. The van der Waals surface area contributed by atoms with E-state index in [2.05, 4.69) is 5.32 Å². The molecule has 43 heavy (non-hydrogen) atoms. The first-order valence-electron chi connectivity index (χ1n) is 13.9. The zero-order valence-corrected chi connectivity index (χ0v) is 27.7. The van der Waals surface area contributed by atoms with Crippen LogP contribution in [-0.2, 0) is 26.2 Å². The molecule has 7 nitrogen and oxygen atoms in total. The summed E-state index contributed by atoms with van der Waals surface area (Å²) in [4.78, 5) is 28.9. The molecule has 1 unspecified atom stereocenters. The van der Waals surface area contributed by atoms with Gasteiger partial charge in [-0.15, -0.1) is 0 Å². The van der Waals surface area contributed by atoms with E-state index >= 15 is 0 Å².